The van der Waals surface area contributed by atoms with Crippen LogP contribution >= 0.6 is 0 Å². The molecular formula is C9H21NO2. The summed E-state index contributed by atoms with van der Waals surface area (Å²) >= 11 is 0. The van der Waals surface area contributed by atoms with E-state index in [1.807, 2.05) is 13.8 Å². The van der Waals surface area contributed by atoms with Gasteiger partial charge in [0.2, 0.25) is 0 Å². The third-order valence-electron chi connectivity index (χ3n) is 1.32. The smallest absolute Gasteiger partial charge is 0.0643 e. The van der Waals surface area contributed by atoms with Crippen molar-refractivity contribution in [3.8, 4) is 0 Å². The first-order chi connectivity index (χ1) is 5.66. The minimum Gasteiger partial charge on any atom is -0.380 e. The van der Waals surface area contributed by atoms with E-state index in [-0.39, 0.29) is 12.1 Å². The summed E-state index contributed by atoms with van der Waals surface area (Å²) in [4.78, 5) is 0. The molecule has 0 aromatic rings. The fraction of sp³-hybridized carbons (Fsp3) is 1.00. The Bertz CT molecular complexity index is 96.5. The maximum atomic E-state index is 5.71. The molecule has 0 radical (unpaired) electrons. The Morgan fingerprint density at radius 2 is 1.92 bits per heavy atom. The van der Waals surface area contributed by atoms with Gasteiger partial charge in [0.25, 0.3) is 0 Å². The Morgan fingerprint density at radius 3 is 2.42 bits per heavy atom. The highest BCUT2D eigenvalue weighted by atomic mass is 16.5. The molecule has 3 heteroatoms. The van der Waals surface area contributed by atoms with Crippen LogP contribution in [0.1, 0.15) is 27.2 Å². The molecule has 0 bridgehead atoms. The average molecular weight is 175 g/mol. The van der Waals surface area contributed by atoms with Gasteiger partial charge in [-0.3, -0.25) is 0 Å². The van der Waals surface area contributed by atoms with Gasteiger partial charge in [-0.2, -0.15) is 0 Å². The quantitative estimate of drug-likeness (QED) is 0.591. The van der Waals surface area contributed by atoms with Crippen molar-refractivity contribution < 1.29 is 9.47 Å². The van der Waals surface area contributed by atoms with Gasteiger partial charge in [-0.05, 0) is 20.3 Å². The highest BCUT2D eigenvalue weighted by Crippen LogP contribution is 1.91. The molecule has 0 saturated carbocycles. The van der Waals surface area contributed by atoms with Gasteiger partial charge in [-0.25, -0.2) is 0 Å². The SMILES string of the molecule is CCCOCC(N)COC(C)C. The van der Waals surface area contributed by atoms with E-state index in [1.54, 1.807) is 0 Å². The van der Waals surface area contributed by atoms with E-state index in [2.05, 4.69) is 6.92 Å². The molecular weight excluding hydrogens is 154 g/mol. The standard InChI is InChI=1S/C9H21NO2/c1-4-5-11-6-9(10)7-12-8(2)3/h8-9H,4-7,10H2,1-3H3. The Labute approximate surface area is 75.2 Å². The summed E-state index contributed by atoms with van der Waals surface area (Å²) in [7, 11) is 0. The molecule has 0 rings (SSSR count). The Balaban J connectivity index is 3.15. The zero-order valence-electron chi connectivity index (χ0n) is 8.38. The van der Waals surface area contributed by atoms with Crippen molar-refractivity contribution in [2.45, 2.75) is 39.3 Å². The monoisotopic (exact) mass is 175 g/mol. The zero-order valence-corrected chi connectivity index (χ0v) is 8.38. The summed E-state index contributed by atoms with van der Waals surface area (Å²) in [5.41, 5.74) is 5.71. The van der Waals surface area contributed by atoms with Crippen LogP contribution in [0.2, 0.25) is 0 Å². The fourth-order valence-corrected chi connectivity index (χ4v) is 0.743. The molecule has 0 aliphatic rings. The molecule has 1 atom stereocenters. The minimum absolute atomic E-state index is 0.0129. The molecule has 0 aromatic heterocycles. The zero-order chi connectivity index (χ0) is 9.40. The lowest BCUT2D eigenvalue weighted by Crippen LogP contribution is -2.32. The van der Waals surface area contributed by atoms with Gasteiger partial charge in [0.15, 0.2) is 0 Å². The summed E-state index contributed by atoms with van der Waals surface area (Å²) in [6.07, 6.45) is 1.29. The second-order valence-electron chi connectivity index (χ2n) is 3.22. The van der Waals surface area contributed by atoms with E-state index in [1.165, 1.54) is 0 Å². The molecule has 3 nitrogen and oxygen atoms in total. The molecule has 0 aliphatic heterocycles. The van der Waals surface area contributed by atoms with E-state index >= 15 is 0 Å². The van der Waals surface area contributed by atoms with Crippen LogP contribution in [0.15, 0.2) is 0 Å². The topological polar surface area (TPSA) is 44.5 Å². The molecule has 0 aromatic carbocycles. The molecule has 74 valence electrons. The van der Waals surface area contributed by atoms with E-state index in [4.69, 9.17) is 15.2 Å². The van der Waals surface area contributed by atoms with Gasteiger partial charge >= 0.3 is 0 Å². The molecule has 0 saturated heterocycles. The second-order valence-corrected chi connectivity index (χ2v) is 3.22. The second kappa shape index (κ2) is 7.53. The largest absolute Gasteiger partial charge is 0.380 e. The molecule has 12 heavy (non-hydrogen) atoms. The third-order valence-corrected chi connectivity index (χ3v) is 1.32. The highest BCUT2D eigenvalue weighted by molar-refractivity contribution is 4.58. The summed E-state index contributed by atoms with van der Waals surface area (Å²) in [6.45, 7) is 8.05. The number of ether oxygens (including phenoxy) is 2. The van der Waals surface area contributed by atoms with Crippen LogP contribution in [0.5, 0.6) is 0 Å². The fourth-order valence-electron chi connectivity index (χ4n) is 0.743. The van der Waals surface area contributed by atoms with Crippen molar-refractivity contribution in [1.82, 2.24) is 0 Å². The van der Waals surface area contributed by atoms with Crippen molar-refractivity contribution in [3.63, 3.8) is 0 Å². The van der Waals surface area contributed by atoms with Crippen molar-refractivity contribution in [3.05, 3.63) is 0 Å². The van der Waals surface area contributed by atoms with E-state index < -0.39 is 0 Å². The Hall–Kier alpha value is -0.120. The van der Waals surface area contributed by atoms with Crippen LogP contribution in [0.3, 0.4) is 0 Å². The van der Waals surface area contributed by atoms with Gasteiger partial charge < -0.3 is 15.2 Å². The number of hydrogen-bond donors (Lipinski definition) is 1. The first-order valence-corrected chi connectivity index (χ1v) is 4.61. The number of nitrogens with two attached hydrogens (primary N) is 1. The first-order valence-electron chi connectivity index (χ1n) is 4.61. The van der Waals surface area contributed by atoms with Gasteiger partial charge in [0.05, 0.1) is 25.4 Å². The summed E-state index contributed by atoms with van der Waals surface area (Å²) in [6, 6.07) is 0.0129. The molecule has 0 spiro atoms. The predicted octanol–water partition coefficient (Wildman–Crippen LogP) is 1.17. The van der Waals surface area contributed by atoms with Crippen molar-refractivity contribution in [2.75, 3.05) is 19.8 Å². The lowest BCUT2D eigenvalue weighted by Gasteiger charge is -2.14. The lowest BCUT2D eigenvalue weighted by atomic mass is 10.3. The first kappa shape index (κ1) is 11.9. The summed E-state index contributed by atoms with van der Waals surface area (Å²) in [5, 5.41) is 0. The van der Waals surface area contributed by atoms with Gasteiger partial charge in [0, 0.05) is 6.61 Å². The number of rotatable bonds is 7. The summed E-state index contributed by atoms with van der Waals surface area (Å²) < 4.78 is 10.6. The molecule has 0 amide bonds. The molecule has 0 aliphatic carbocycles. The van der Waals surface area contributed by atoms with Crippen molar-refractivity contribution in [1.29, 1.82) is 0 Å². The number of hydrogen-bond acceptors (Lipinski definition) is 3. The van der Waals surface area contributed by atoms with E-state index in [0.717, 1.165) is 13.0 Å². The molecule has 2 N–H and O–H groups in total. The average Bonchev–Trinajstić information content (AvgIpc) is 2.01. The summed E-state index contributed by atoms with van der Waals surface area (Å²) in [5.74, 6) is 0. The van der Waals surface area contributed by atoms with Crippen LogP contribution in [0.25, 0.3) is 0 Å². The highest BCUT2D eigenvalue weighted by Gasteiger charge is 2.03. The lowest BCUT2D eigenvalue weighted by molar-refractivity contribution is 0.0386. The van der Waals surface area contributed by atoms with Crippen LogP contribution in [0, 0.1) is 0 Å². The molecule has 0 heterocycles. The molecule has 0 fully saturated rings. The van der Waals surface area contributed by atoms with Crippen LogP contribution in [-0.2, 0) is 9.47 Å². The van der Waals surface area contributed by atoms with Gasteiger partial charge in [0.1, 0.15) is 0 Å². The van der Waals surface area contributed by atoms with Gasteiger partial charge in [-0.15, -0.1) is 0 Å². The minimum atomic E-state index is 0.0129. The molecule has 1 unspecified atom stereocenters. The van der Waals surface area contributed by atoms with Crippen molar-refractivity contribution >= 4 is 0 Å². The van der Waals surface area contributed by atoms with Crippen LogP contribution in [-0.4, -0.2) is 32.0 Å². The maximum absolute atomic E-state index is 5.71. The van der Waals surface area contributed by atoms with Crippen LogP contribution in [0.4, 0.5) is 0 Å². The normalized spacial score (nSPS) is 13.8. The van der Waals surface area contributed by atoms with E-state index in [0.29, 0.717) is 13.2 Å². The third kappa shape index (κ3) is 7.98. The Kier molecular flexibility index (Phi) is 7.45. The predicted molar refractivity (Wildman–Crippen MR) is 50.2 cm³/mol. The van der Waals surface area contributed by atoms with Gasteiger partial charge in [-0.1, -0.05) is 6.92 Å². The van der Waals surface area contributed by atoms with Crippen molar-refractivity contribution in [2.24, 2.45) is 5.73 Å². The maximum Gasteiger partial charge on any atom is 0.0643 e. The Morgan fingerprint density at radius 1 is 1.25 bits per heavy atom. The van der Waals surface area contributed by atoms with E-state index in [9.17, 15) is 0 Å². The van der Waals surface area contributed by atoms with Crippen LogP contribution < -0.4 is 5.73 Å².